The Hall–Kier alpha value is -1.93. The Morgan fingerprint density at radius 3 is 2.52 bits per heavy atom. The van der Waals surface area contributed by atoms with Crippen LogP contribution in [0.15, 0.2) is 29.2 Å². The van der Waals surface area contributed by atoms with E-state index in [4.69, 9.17) is 4.74 Å². The van der Waals surface area contributed by atoms with Gasteiger partial charge in [-0.15, -0.1) is 0 Å². The van der Waals surface area contributed by atoms with Crippen molar-refractivity contribution in [3.05, 3.63) is 24.3 Å². The second-order valence-corrected chi connectivity index (χ2v) is 8.98. The third kappa shape index (κ3) is 6.95. The van der Waals surface area contributed by atoms with Crippen LogP contribution in [0.25, 0.3) is 0 Å². The molecule has 1 aliphatic heterocycles. The average Bonchev–Trinajstić information content (AvgIpc) is 2.65. The highest BCUT2D eigenvalue weighted by atomic mass is 32.2. The van der Waals surface area contributed by atoms with E-state index in [9.17, 15) is 18.0 Å². The number of carbonyl (C=O) groups excluding carboxylic acids is 2. The fourth-order valence-electron chi connectivity index (χ4n) is 2.98. The van der Waals surface area contributed by atoms with E-state index < -0.39 is 9.84 Å². The minimum absolute atomic E-state index is 0.0577. The van der Waals surface area contributed by atoms with Gasteiger partial charge in [0.05, 0.1) is 16.8 Å². The Balaban J connectivity index is 1.82. The molecule has 0 bridgehead atoms. The number of nitrogens with one attached hydrogen (secondary N) is 1. The van der Waals surface area contributed by atoms with Gasteiger partial charge in [0.25, 0.3) is 0 Å². The molecule has 150 valence electrons. The van der Waals surface area contributed by atoms with Crippen LogP contribution in [0.1, 0.15) is 39.0 Å². The maximum Gasteiger partial charge on any atom is 0.223 e. The minimum Gasteiger partial charge on any atom is -0.378 e. The van der Waals surface area contributed by atoms with Gasteiger partial charge in [0.1, 0.15) is 0 Å². The molecule has 0 spiro atoms. The highest BCUT2D eigenvalue weighted by Gasteiger charge is 2.20. The Bertz CT molecular complexity index is 740. The van der Waals surface area contributed by atoms with Crippen molar-refractivity contribution in [2.45, 2.75) is 50.0 Å². The van der Waals surface area contributed by atoms with Crippen LogP contribution < -0.4 is 5.32 Å². The van der Waals surface area contributed by atoms with Crippen molar-refractivity contribution in [3.63, 3.8) is 0 Å². The Morgan fingerprint density at radius 1 is 1.22 bits per heavy atom. The zero-order valence-corrected chi connectivity index (χ0v) is 16.8. The fourth-order valence-corrected chi connectivity index (χ4v) is 4.21. The van der Waals surface area contributed by atoms with Crippen molar-refractivity contribution in [1.29, 1.82) is 0 Å². The van der Waals surface area contributed by atoms with Crippen molar-refractivity contribution in [2.24, 2.45) is 0 Å². The molecule has 0 radical (unpaired) electrons. The average molecular weight is 397 g/mol. The van der Waals surface area contributed by atoms with E-state index >= 15 is 0 Å². The van der Waals surface area contributed by atoms with Gasteiger partial charge >= 0.3 is 0 Å². The Kier molecular flexibility index (Phi) is 7.79. The second-order valence-electron chi connectivity index (χ2n) is 6.87. The second kappa shape index (κ2) is 9.85. The SMILES string of the molecule is CC(=O)Nc1ccc(S(=O)(=O)CCC(=O)N(C)CCC2CCCCO2)cc1. The number of benzene rings is 1. The maximum atomic E-state index is 12.4. The van der Waals surface area contributed by atoms with E-state index in [-0.39, 0.29) is 35.0 Å². The number of rotatable bonds is 8. The molecule has 1 unspecified atom stereocenters. The molecule has 1 fully saturated rings. The lowest BCUT2D eigenvalue weighted by Gasteiger charge is -2.25. The summed E-state index contributed by atoms with van der Waals surface area (Å²) in [6.07, 6.45) is 4.18. The molecule has 1 aromatic carbocycles. The number of ether oxygens (including phenoxy) is 1. The zero-order chi connectivity index (χ0) is 19.9. The van der Waals surface area contributed by atoms with Gasteiger partial charge in [-0.25, -0.2) is 8.42 Å². The van der Waals surface area contributed by atoms with Crippen LogP contribution in [0.3, 0.4) is 0 Å². The van der Waals surface area contributed by atoms with E-state index in [2.05, 4.69) is 5.32 Å². The molecular formula is C19H28N2O5S. The summed E-state index contributed by atoms with van der Waals surface area (Å²) >= 11 is 0. The van der Waals surface area contributed by atoms with Crippen molar-refractivity contribution in [1.82, 2.24) is 4.90 Å². The first kappa shape index (κ1) is 21.4. The summed E-state index contributed by atoms with van der Waals surface area (Å²) in [4.78, 5) is 25.0. The zero-order valence-electron chi connectivity index (χ0n) is 15.9. The largest absolute Gasteiger partial charge is 0.378 e. The molecule has 2 rings (SSSR count). The van der Waals surface area contributed by atoms with Gasteiger partial charge in [-0.05, 0) is 49.9 Å². The van der Waals surface area contributed by atoms with Gasteiger partial charge in [-0.2, -0.15) is 0 Å². The third-order valence-electron chi connectivity index (χ3n) is 4.60. The molecule has 1 aromatic rings. The fraction of sp³-hybridized carbons (Fsp3) is 0.579. The molecule has 0 aromatic heterocycles. The van der Waals surface area contributed by atoms with Gasteiger partial charge in [-0.3, -0.25) is 9.59 Å². The molecule has 1 heterocycles. The van der Waals surface area contributed by atoms with Gasteiger partial charge in [0.2, 0.25) is 11.8 Å². The van der Waals surface area contributed by atoms with E-state index in [1.54, 1.807) is 11.9 Å². The Labute approximate surface area is 161 Å². The van der Waals surface area contributed by atoms with Crippen LogP contribution >= 0.6 is 0 Å². The van der Waals surface area contributed by atoms with Crippen molar-refractivity contribution >= 4 is 27.3 Å². The number of nitrogens with zero attached hydrogens (tertiary/aromatic N) is 1. The first-order valence-corrected chi connectivity index (χ1v) is 10.9. The number of carbonyl (C=O) groups is 2. The molecule has 27 heavy (non-hydrogen) atoms. The summed E-state index contributed by atoms with van der Waals surface area (Å²) in [5.41, 5.74) is 0.530. The van der Waals surface area contributed by atoms with Gasteiger partial charge < -0.3 is 15.0 Å². The Morgan fingerprint density at radius 2 is 1.93 bits per heavy atom. The first-order valence-electron chi connectivity index (χ1n) is 9.24. The van der Waals surface area contributed by atoms with E-state index in [0.717, 1.165) is 32.3 Å². The lowest BCUT2D eigenvalue weighted by atomic mass is 10.1. The molecule has 1 saturated heterocycles. The molecule has 8 heteroatoms. The monoisotopic (exact) mass is 396 g/mol. The van der Waals surface area contributed by atoms with Crippen molar-refractivity contribution in [2.75, 3.05) is 31.3 Å². The number of amides is 2. The van der Waals surface area contributed by atoms with Crippen LogP contribution in [-0.4, -0.2) is 57.2 Å². The predicted molar refractivity (Wildman–Crippen MR) is 103 cm³/mol. The summed E-state index contributed by atoms with van der Waals surface area (Å²) in [7, 11) is -1.86. The van der Waals surface area contributed by atoms with E-state index in [1.165, 1.54) is 31.2 Å². The number of anilines is 1. The first-order chi connectivity index (χ1) is 12.8. The molecule has 7 nitrogen and oxygen atoms in total. The summed E-state index contributed by atoms with van der Waals surface area (Å²) in [5.74, 6) is -0.655. The number of hydrogen-bond donors (Lipinski definition) is 1. The predicted octanol–water partition coefficient (Wildman–Crippen LogP) is 2.23. The van der Waals surface area contributed by atoms with Gasteiger partial charge in [-0.1, -0.05) is 0 Å². The van der Waals surface area contributed by atoms with Crippen LogP contribution in [0, 0.1) is 0 Å². The minimum atomic E-state index is -3.55. The van der Waals surface area contributed by atoms with Crippen LogP contribution in [0.5, 0.6) is 0 Å². The summed E-state index contributed by atoms with van der Waals surface area (Å²) in [6, 6.07) is 5.95. The summed E-state index contributed by atoms with van der Waals surface area (Å²) in [6.45, 7) is 2.73. The van der Waals surface area contributed by atoms with Crippen LogP contribution in [0.2, 0.25) is 0 Å². The molecule has 1 aliphatic rings. The van der Waals surface area contributed by atoms with Crippen LogP contribution in [-0.2, 0) is 24.2 Å². The maximum absolute atomic E-state index is 12.4. The normalized spacial score (nSPS) is 17.3. The molecule has 0 aliphatic carbocycles. The molecule has 2 amide bonds. The quantitative estimate of drug-likeness (QED) is 0.727. The van der Waals surface area contributed by atoms with E-state index in [1.807, 2.05) is 0 Å². The highest BCUT2D eigenvalue weighted by Crippen LogP contribution is 2.18. The molecule has 1 N–H and O–H groups in total. The van der Waals surface area contributed by atoms with Gasteiger partial charge in [0.15, 0.2) is 9.84 Å². The molecule has 1 atom stereocenters. The summed E-state index contributed by atoms with van der Waals surface area (Å²) in [5, 5.41) is 2.58. The van der Waals surface area contributed by atoms with Crippen molar-refractivity contribution < 1.29 is 22.7 Å². The van der Waals surface area contributed by atoms with Gasteiger partial charge in [0, 0.05) is 39.2 Å². The summed E-state index contributed by atoms with van der Waals surface area (Å²) < 4.78 is 30.5. The number of sulfone groups is 1. The van der Waals surface area contributed by atoms with Crippen LogP contribution in [0.4, 0.5) is 5.69 Å². The third-order valence-corrected chi connectivity index (χ3v) is 6.34. The topological polar surface area (TPSA) is 92.8 Å². The van der Waals surface area contributed by atoms with E-state index in [0.29, 0.717) is 12.2 Å². The number of hydrogen-bond acceptors (Lipinski definition) is 5. The smallest absolute Gasteiger partial charge is 0.223 e. The lowest BCUT2D eigenvalue weighted by Crippen LogP contribution is -2.32. The lowest BCUT2D eigenvalue weighted by molar-refractivity contribution is -0.130. The molecule has 0 saturated carbocycles. The standard InChI is InChI=1S/C19H28N2O5S/c1-15(22)20-16-6-8-18(9-7-16)27(24,25)14-11-19(23)21(2)12-10-17-5-3-4-13-26-17/h6-9,17H,3-5,10-14H2,1-2H3,(H,20,22). The highest BCUT2D eigenvalue weighted by molar-refractivity contribution is 7.91. The van der Waals surface area contributed by atoms with Crippen molar-refractivity contribution in [3.8, 4) is 0 Å². The molecular weight excluding hydrogens is 368 g/mol.